The van der Waals surface area contributed by atoms with Crippen LogP contribution >= 0.6 is 0 Å². The number of aliphatic hydroxyl groups is 1. The highest BCUT2D eigenvalue weighted by molar-refractivity contribution is 7.89. The molecule has 0 unspecified atom stereocenters. The maximum Gasteiger partial charge on any atom is 0.246 e. The van der Waals surface area contributed by atoms with Crippen LogP contribution in [-0.4, -0.2) is 44.6 Å². The minimum atomic E-state index is -3.60. The Hall–Kier alpha value is -0.890. The third-order valence-corrected chi connectivity index (χ3v) is 5.33. The highest BCUT2D eigenvalue weighted by atomic mass is 32.2. The molecule has 6 nitrogen and oxygen atoms in total. The van der Waals surface area contributed by atoms with E-state index in [1.54, 1.807) is 6.92 Å². The summed E-state index contributed by atoms with van der Waals surface area (Å²) in [5.41, 5.74) is 0. The Morgan fingerprint density at radius 1 is 1.50 bits per heavy atom. The van der Waals surface area contributed by atoms with Gasteiger partial charge in [-0.1, -0.05) is 0 Å². The first kappa shape index (κ1) is 15.5. The highest BCUT2D eigenvalue weighted by Crippen LogP contribution is 2.28. The molecule has 1 aliphatic rings. The molecule has 1 saturated carbocycles. The van der Waals surface area contributed by atoms with Gasteiger partial charge in [0.2, 0.25) is 10.0 Å². The average Bonchev–Trinajstić information content (AvgIpc) is 3.15. The molecule has 0 saturated heterocycles. The van der Waals surface area contributed by atoms with E-state index in [-0.39, 0.29) is 17.3 Å². The number of aryl methyl sites for hydroxylation is 1. The van der Waals surface area contributed by atoms with Crippen LogP contribution in [0.1, 0.15) is 24.4 Å². The summed E-state index contributed by atoms with van der Waals surface area (Å²) < 4.78 is 36.6. The zero-order valence-corrected chi connectivity index (χ0v) is 12.6. The van der Waals surface area contributed by atoms with Gasteiger partial charge in [-0.15, -0.1) is 0 Å². The van der Waals surface area contributed by atoms with Crippen LogP contribution in [0.15, 0.2) is 15.4 Å². The SMILES string of the molecule is Cc1oc(CO)cc1S(=O)(=O)N(C)CCOCC1CC1. The van der Waals surface area contributed by atoms with Gasteiger partial charge in [0.15, 0.2) is 0 Å². The molecule has 1 aromatic rings. The van der Waals surface area contributed by atoms with Crippen molar-refractivity contribution in [2.45, 2.75) is 31.3 Å². The van der Waals surface area contributed by atoms with Gasteiger partial charge in [0.1, 0.15) is 23.0 Å². The molecule has 0 spiro atoms. The number of aliphatic hydroxyl groups excluding tert-OH is 1. The quantitative estimate of drug-likeness (QED) is 0.728. The van der Waals surface area contributed by atoms with Crippen LogP contribution in [0.2, 0.25) is 0 Å². The number of rotatable bonds is 8. The Morgan fingerprint density at radius 2 is 2.20 bits per heavy atom. The lowest BCUT2D eigenvalue weighted by Crippen LogP contribution is -2.30. The molecule has 1 heterocycles. The number of sulfonamides is 1. The molecular formula is C13H21NO5S. The van der Waals surface area contributed by atoms with E-state index in [4.69, 9.17) is 14.3 Å². The molecule has 2 rings (SSSR count). The molecule has 0 bridgehead atoms. The van der Waals surface area contributed by atoms with Crippen molar-refractivity contribution in [3.63, 3.8) is 0 Å². The summed E-state index contributed by atoms with van der Waals surface area (Å²) in [6, 6.07) is 1.37. The molecule has 0 amide bonds. The van der Waals surface area contributed by atoms with Gasteiger partial charge < -0.3 is 14.3 Å². The Labute approximate surface area is 119 Å². The second kappa shape index (κ2) is 6.26. The van der Waals surface area contributed by atoms with E-state index in [9.17, 15) is 8.42 Å². The first-order valence-corrected chi connectivity index (χ1v) is 8.13. The zero-order chi connectivity index (χ0) is 14.8. The van der Waals surface area contributed by atoms with Crippen LogP contribution in [0.3, 0.4) is 0 Å². The standard InChI is InChI=1S/C13H21NO5S/c1-10-13(7-12(8-15)19-10)20(16,17)14(2)5-6-18-9-11-3-4-11/h7,11,15H,3-6,8-9H2,1-2H3. The summed E-state index contributed by atoms with van der Waals surface area (Å²) in [6.45, 7) is 2.66. The zero-order valence-electron chi connectivity index (χ0n) is 11.8. The van der Waals surface area contributed by atoms with Crippen molar-refractivity contribution in [2.24, 2.45) is 5.92 Å². The predicted octanol–water partition coefficient (Wildman–Crippen LogP) is 1.13. The topological polar surface area (TPSA) is 80.0 Å². The van der Waals surface area contributed by atoms with Crippen molar-refractivity contribution in [3.05, 3.63) is 17.6 Å². The lowest BCUT2D eigenvalue weighted by Gasteiger charge is -2.16. The molecule has 1 aliphatic carbocycles. The Morgan fingerprint density at radius 3 is 2.75 bits per heavy atom. The van der Waals surface area contributed by atoms with Crippen LogP contribution in [-0.2, 0) is 21.4 Å². The third kappa shape index (κ3) is 3.60. The molecule has 0 aliphatic heterocycles. The third-order valence-electron chi connectivity index (χ3n) is 3.37. The highest BCUT2D eigenvalue weighted by Gasteiger charge is 2.26. The summed E-state index contributed by atoms with van der Waals surface area (Å²) >= 11 is 0. The largest absolute Gasteiger partial charge is 0.462 e. The Balaban J connectivity index is 1.94. The number of furan rings is 1. The monoisotopic (exact) mass is 303 g/mol. The first-order valence-electron chi connectivity index (χ1n) is 6.69. The maximum atomic E-state index is 12.4. The van der Waals surface area contributed by atoms with Gasteiger partial charge in [-0.2, -0.15) is 4.31 Å². The van der Waals surface area contributed by atoms with E-state index in [0.717, 1.165) is 0 Å². The second-order valence-electron chi connectivity index (χ2n) is 5.14. The van der Waals surface area contributed by atoms with Crippen molar-refractivity contribution in [3.8, 4) is 0 Å². The predicted molar refractivity (Wildman–Crippen MR) is 72.7 cm³/mol. The number of likely N-dealkylation sites (N-methyl/N-ethyl adjacent to an activating group) is 1. The summed E-state index contributed by atoms with van der Waals surface area (Å²) in [4.78, 5) is 0.103. The van der Waals surface area contributed by atoms with Crippen molar-refractivity contribution < 1.29 is 22.7 Å². The lowest BCUT2D eigenvalue weighted by atomic mass is 10.4. The van der Waals surface area contributed by atoms with Crippen LogP contribution in [0, 0.1) is 12.8 Å². The number of nitrogens with zero attached hydrogens (tertiary/aromatic N) is 1. The van der Waals surface area contributed by atoms with Gasteiger partial charge in [-0.3, -0.25) is 0 Å². The minimum Gasteiger partial charge on any atom is -0.462 e. The van der Waals surface area contributed by atoms with Crippen molar-refractivity contribution in [1.82, 2.24) is 4.31 Å². The molecule has 0 aromatic carbocycles. The van der Waals surface area contributed by atoms with E-state index >= 15 is 0 Å². The molecule has 20 heavy (non-hydrogen) atoms. The fourth-order valence-corrected chi connectivity index (χ4v) is 3.21. The Bertz CT molecular complexity index is 547. The molecule has 0 atom stereocenters. The molecule has 7 heteroatoms. The fraction of sp³-hybridized carbons (Fsp3) is 0.692. The molecule has 1 N–H and O–H groups in total. The first-order chi connectivity index (χ1) is 9.45. The maximum absolute atomic E-state index is 12.4. The van der Waals surface area contributed by atoms with E-state index in [0.29, 0.717) is 31.4 Å². The molecule has 0 radical (unpaired) electrons. The van der Waals surface area contributed by atoms with Crippen LogP contribution in [0.5, 0.6) is 0 Å². The summed E-state index contributed by atoms with van der Waals surface area (Å²) in [6.07, 6.45) is 2.43. The molecule has 1 aromatic heterocycles. The van der Waals surface area contributed by atoms with Gasteiger partial charge in [0.25, 0.3) is 0 Å². The molecule has 1 fully saturated rings. The number of hydrogen-bond donors (Lipinski definition) is 1. The normalized spacial score (nSPS) is 16.0. The van der Waals surface area contributed by atoms with Crippen molar-refractivity contribution in [2.75, 3.05) is 26.8 Å². The number of hydrogen-bond acceptors (Lipinski definition) is 5. The fourth-order valence-electron chi connectivity index (χ4n) is 1.87. The summed E-state index contributed by atoms with van der Waals surface area (Å²) in [5.74, 6) is 1.21. The molecular weight excluding hydrogens is 282 g/mol. The van der Waals surface area contributed by atoms with E-state index in [1.165, 1.54) is 30.3 Å². The summed E-state index contributed by atoms with van der Waals surface area (Å²) in [7, 11) is -2.08. The molecule has 114 valence electrons. The lowest BCUT2D eigenvalue weighted by molar-refractivity contribution is 0.117. The van der Waals surface area contributed by atoms with Gasteiger partial charge in [0.05, 0.1) is 6.61 Å². The van der Waals surface area contributed by atoms with Crippen molar-refractivity contribution >= 4 is 10.0 Å². The van der Waals surface area contributed by atoms with Gasteiger partial charge in [-0.05, 0) is 25.7 Å². The second-order valence-corrected chi connectivity index (χ2v) is 7.15. The van der Waals surface area contributed by atoms with Gasteiger partial charge >= 0.3 is 0 Å². The van der Waals surface area contributed by atoms with Crippen molar-refractivity contribution in [1.29, 1.82) is 0 Å². The number of ether oxygens (including phenoxy) is 1. The van der Waals surface area contributed by atoms with Crippen LogP contribution in [0.25, 0.3) is 0 Å². The minimum absolute atomic E-state index is 0.103. The van der Waals surface area contributed by atoms with Gasteiger partial charge in [-0.25, -0.2) is 8.42 Å². The van der Waals surface area contributed by atoms with Crippen LogP contribution < -0.4 is 0 Å². The summed E-state index contributed by atoms with van der Waals surface area (Å²) in [5, 5.41) is 8.99. The van der Waals surface area contributed by atoms with Gasteiger partial charge in [0, 0.05) is 26.3 Å². The van der Waals surface area contributed by atoms with E-state index in [2.05, 4.69) is 0 Å². The Kier molecular flexibility index (Phi) is 4.85. The van der Waals surface area contributed by atoms with E-state index in [1.807, 2.05) is 0 Å². The smallest absolute Gasteiger partial charge is 0.246 e. The van der Waals surface area contributed by atoms with Crippen LogP contribution in [0.4, 0.5) is 0 Å². The van der Waals surface area contributed by atoms with E-state index < -0.39 is 10.0 Å². The average molecular weight is 303 g/mol.